The number of hydrogen-bond donors (Lipinski definition) is 1. The van der Waals surface area contributed by atoms with E-state index in [0.29, 0.717) is 19.8 Å². The largest absolute Gasteiger partial charge is 0.385 e. The fourth-order valence-corrected chi connectivity index (χ4v) is 2.66. The van der Waals surface area contributed by atoms with Gasteiger partial charge in [0.15, 0.2) is 0 Å². The van der Waals surface area contributed by atoms with Crippen LogP contribution in [0.25, 0.3) is 0 Å². The van der Waals surface area contributed by atoms with E-state index in [-0.39, 0.29) is 11.4 Å². The summed E-state index contributed by atoms with van der Waals surface area (Å²) >= 11 is 0. The number of carbonyl (C=O) groups is 1. The minimum Gasteiger partial charge on any atom is -0.385 e. The summed E-state index contributed by atoms with van der Waals surface area (Å²) in [5.74, 6) is 0.223. The van der Waals surface area contributed by atoms with Crippen LogP contribution in [0.2, 0.25) is 0 Å². The van der Waals surface area contributed by atoms with Gasteiger partial charge in [-0.2, -0.15) is 0 Å². The van der Waals surface area contributed by atoms with E-state index in [1.807, 2.05) is 4.90 Å². The number of methoxy groups -OCH3 is 2. The molecule has 0 bridgehead atoms. The molecule has 1 heterocycles. The van der Waals surface area contributed by atoms with E-state index in [2.05, 4.69) is 12.2 Å². The first-order valence-electron chi connectivity index (χ1n) is 7.22. The van der Waals surface area contributed by atoms with Crippen molar-refractivity contribution in [1.82, 2.24) is 10.2 Å². The molecule has 5 nitrogen and oxygen atoms in total. The minimum absolute atomic E-state index is 0.223. The van der Waals surface area contributed by atoms with Crippen LogP contribution in [0, 0.1) is 0 Å². The molecular weight excluding hydrogens is 244 g/mol. The molecule has 1 N–H and O–H groups in total. The van der Waals surface area contributed by atoms with Crippen LogP contribution in [0.15, 0.2) is 0 Å². The average Bonchev–Trinajstić information content (AvgIpc) is 2.92. The summed E-state index contributed by atoms with van der Waals surface area (Å²) in [7, 11) is 3.36. The molecule has 0 aromatic carbocycles. The fraction of sp³-hybridized carbons (Fsp3) is 0.929. The van der Waals surface area contributed by atoms with Crippen LogP contribution in [-0.4, -0.2) is 63.4 Å². The monoisotopic (exact) mass is 272 g/mol. The highest BCUT2D eigenvalue weighted by atomic mass is 16.5. The molecule has 1 saturated heterocycles. The van der Waals surface area contributed by atoms with Gasteiger partial charge in [-0.3, -0.25) is 4.79 Å². The maximum Gasteiger partial charge on any atom is 0.242 e. The van der Waals surface area contributed by atoms with Gasteiger partial charge in [-0.25, -0.2) is 0 Å². The Balaban J connectivity index is 2.62. The Morgan fingerprint density at radius 3 is 2.53 bits per heavy atom. The van der Waals surface area contributed by atoms with Gasteiger partial charge in [0.2, 0.25) is 5.91 Å². The van der Waals surface area contributed by atoms with Crippen LogP contribution in [0.1, 0.15) is 32.6 Å². The van der Waals surface area contributed by atoms with Gasteiger partial charge in [-0.1, -0.05) is 6.92 Å². The Morgan fingerprint density at radius 2 is 2.00 bits per heavy atom. The lowest BCUT2D eigenvalue weighted by Gasteiger charge is -2.34. The van der Waals surface area contributed by atoms with Gasteiger partial charge in [-0.15, -0.1) is 0 Å². The molecule has 5 heteroatoms. The maximum absolute atomic E-state index is 12.8. The van der Waals surface area contributed by atoms with E-state index < -0.39 is 0 Å². The summed E-state index contributed by atoms with van der Waals surface area (Å²) in [5.41, 5.74) is -0.346. The lowest BCUT2D eigenvalue weighted by molar-refractivity contribution is -0.138. The second-order valence-electron chi connectivity index (χ2n) is 5.10. The molecule has 1 fully saturated rings. The SMILES string of the molecule is CCC1(C(=O)N(CCCOC)CCOC)CCCN1. The van der Waals surface area contributed by atoms with Crippen molar-refractivity contribution >= 4 is 5.91 Å². The normalized spacial score (nSPS) is 22.7. The lowest BCUT2D eigenvalue weighted by Crippen LogP contribution is -2.55. The van der Waals surface area contributed by atoms with Crippen LogP contribution in [-0.2, 0) is 14.3 Å². The topological polar surface area (TPSA) is 50.8 Å². The molecule has 112 valence electrons. The molecule has 0 radical (unpaired) electrons. The molecule has 1 unspecified atom stereocenters. The first kappa shape index (κ1) is 16.4. The molecule has 19 heavy (non-hydrogen) atoms. The number of amides is 1. The van der Waals surface area contributed by atoms with Gasteiger partial charge in [-0.05, 0) is 32.2 Å². The summed E-state index contributed by atoms with van der Waals surface area (Å²) in [6, 6.07) is 0. The third-order valence-corrected chi connectivity index (χ3v) is 3.89. The highest BCUT2D eigenvalue weighted by molar-refractivity contribution is 5.86. The quantitative estimate of drug-likeness (QED) is 0.637. The summed E-state index contributed by atoms with van der Waals surface area (Å²) in [6.07, 6.45) is 3.73. The Bertz CT molecular complexity index is 265. The average molecular weight is 272 g/mol. The first-order valence-corrected chi connectivity index (χ1v) is 7.22. The van der Waals surface area contributed by atoms with E-state index in [9.17, 15) is 4.79 Å². The Kier molecular flexibility index (Phi) is 7.34. The number of rotatable bonds is 9. The van der Waals surface area contributed by atoms with Crippen molar-refractivity contribution in [3.05, 3.63) is 0 Å². The molecule has 0 saturated carbocycles. The summed E-state index contributed by atoms with van der Waals surface area (Å²) in [6.45, 7) is 5.68. The first-order chi connectivity index (χ1) is 9.20. The van der Waals surface area contributed by atoms with Crippen LogP contribution in [0.5, 0.6) is 0 Å². The van der Waals surface area contributed by atoms with Crippen molar-refractivity contribution in [2.45, 2.75) is 38.1 Å². The molecule has 0 aromatic rings. The van der Waals surface area contributed by atoms with Crippen molar-refractivity contribution in [3.8, 4) is 0 Å². The number of nitrogens with zero attached hydrogens (tertiary/aromatic N) is 1. The maximum atomic E-state index is 12.8. The molecular formula is C14H28N2O3. The zero-order valence-electron chi connectivity index (χ0n) is 12.5. The second-order valence-corrected chi connectivity index (χ2v) is 5.10. The third kappa shape index (κ3) is 4.44. The van der Waals surface area contributed by atoms with E-state index >= 15 is 0 Å². The van der Waals surface area contributed by atoms with Gasteiger partial charge < -0.3 is 19.7 Å². The van der Waals surface area contributed by atoms with Crippen LogP contribution in [0.3, 0.4) is 0 Å². The van der Waals surface area contributed by atoms with Crippen LogP contribution >= 0.6 is 0 Å². The van der Waals surface area contributed by atoms with Gasteiger partial charge in [0.05, 0.1) is 12.1 Å². The number of ether oxygens (including phenoxy) is 2. The third-order valence-electron chi connectivity index (χ3n) is 3.89. The highest BCUT2D eigenvalue weighted by Crippen LogP contribution is 2.25. The van der Waals surface area contributed by atoms with Crippen molar-refractivity contribution in [3.63, 3.8) is 0 Å². The molecule has 1 amide bonds. The van der Waals surface area contributed by atoms with E-state index in [0.717, 1.165) is 38.8 Å². The smallest absolute Gasteiger partial charge is 0.242 e. The predicted molar refractivity (Wildman–Crippen MR) is 75.2 cm³/mol. The van der Waals surface area contributed by atoms with E-state index in [1.165, 1.54) is 0 Å². The van der Waals surface area contributed by atoms with E-state index in [1.54, 1.807) is 14.2 Å². The Labute approximate surface area is 116 Å². The van der Waals surface area contributed by atoms with E-state index in [4.69, 9.17) is 9.47 Å². The van der Waals surface area contributed by atoms with Crippen LogP contribution in [0.4, 0.5) is 0 Å². The van der Waals surface area contributed by atoms with Crippen molar-refractivity contribution < 1.29 is 14.3 Å². The zero-order valence-corrected chi connectivity index (χ0v) is 12.5. The van der Waals surface area contributed by atoms with Gasteiger partial charge in [0.1, 0.15) is 0 Å². The van der Waals surface area contributed by atoms with Crippen molar-refractivity contribution in [2.24, 2.45) is 0 Å². The molecule has 0 aliphatic carbocycles. The van der Waals surface area contributed by atoms with Gasteiger partial charge >= 0.3 is 0 Å². The summed E-state index contributed by atoms with van der Waals surface area (Å²) < 4.78 is 10.2. The Hall–Kier alpha value is -0.650. The van der Waals surface area contributed by atoms with Gasteiger partial charge in [0, 0.05) is 33.9 Å². The van der Waals surface area contributed by atoms with Crippen molar-refractivity contribution in [2.75, 3.05) is 47.1 Å². The molecule has 1 aliphatic rings. The summed E-state index contributed by atoms with van der Waals surface area (Å²) in [4.78, 5) is 14.7. The van der Waals surface area contributed by atoms with Gasteiger partial charge in [0.25, 0.3) is 0 Å². The Morgan fingerprint density at radius 1 is 1.26 bits per heavy atom. The zero-order chi connectivity index (χ0) is 14.1. The standard InChI is InChI=1S/C14H28N2O3/c1-4-14(7-5-8-15-14)13(17)16(10-12-19-3)9-6-11-18-2/h15H,4-12H2,1-3H3. The lowest BCUT2D eigenvalue weighted by atomic mass is 9.92. The molecule has 1 rings (SSSR count). The number of hydrogen-bond acceptors (Lipinski definition) is 4. The molecule has 1 aliphatic heterocycles. The molecule has 1 atom stereocenters. The highest BCUT2D eigenvalue weighted by Gasteiger charge is 2.41. The number of nitrogens with one attached hydrogen (secondary N) is 1. The predicted octanol–water partition coefficient (Wildman–Crippen LogP) is 1.03. The minimum atomic E-state index is -0.346. The summed E-state index contributed by atoms with van der Waals surface area (Å²) in [5, 5.41) is 3.40. The van der Waals surface area contributed by atoms with Crippen molar-refractivity contribution in [1.29, 1.82) is 0 Å². The number of carbonyl (C=O) groups excluding carboxylic acids is 1. The second kappa shape index (κ2) is 8.51. The van der Waals surface area contributed by atoms with Crippen LogP contribution < -0.4 is 5.32 Å². The molecule has 0 aromatic heterocycles. The fourth-order valence-electron chi connectivity index (χ4n) is 2.66. The molecule has 0 spiro atoms.